The van der Waals surface area contributed by atoms with Crippen LogP contribution in [0.25, 0.3) is 11.3 Å². The smallest absolute Gasteiger partial charge is 0.0713 e. The fourth-order valence-electron chi connectivity index (χ4n) is 5.01. The molecule has 3 heteroatoms. The van der Waals surface area contributed by atoms with Gasteiger partial charge in [-0.05, 0) is 79.6 Å². The molecule has 0 amide bonds. The van der Waals surface area contributed by atoms with E-state index in [0.29, 0.717) is 0 Å². The molecule has 1 aliphatic heterocycles. The predicted octanol–water partition coefficient (Wildman–Crippen LogP) is 6.12. The van der Waals surface area contributed by atoms with E-state index in [1.807, 2.05) is 0 Å². The number of pyridine rings is 1. The second kappa shape index (κ2) is 9.87. The molecule has 3 aromatic rings. The number of hydrogen-bond acceptors (Lipinski definition) is 3. The molecule has 2 heterocycles. The minimum absolute atomic E-state index is 0.989. The van der Waals surface area contributed by atoms with E-state index < -0.39 is 0 Å². The topological polar surface area (TPSA) is 19.4 Å². The van der Waals surface area contributed by atoms with Crippen molar-refractivity contribution < 1.29 is 0 Å². The summed E-state index contributed by atoms with van der Waals surface area (Å²) in [4.78, 5) is 10.2. The second-order valence-corrected chi connectivity index (χ2v) is 9.15. The van der Waals surface area contributed by atoms with Gasteiger partial charge in [0, 0.05) is 49.7 Å². The summed E-state index contributed by atoms with van der Waals surface area (Å²) in [5, 5.41) is 0. The van der Waals surface area contributed by atoms with Crippen molar-refractivity contribution in [3.8, 4) is 11.3 Å². The number of rotatable bonds is 6. The van der Waals surface area contributed by atoms with Gasteiger partial charge < -0.3 is 4.90 Å². The van der Waals surface area contributed by atoms with Crippen LogP contribution in [0.2, 0.25) is 0 Å². The van der Waals surface area contributed by atoms with Crippen molar-refractivity contribution in [1.82, 2.24) is 9.88 Å². The van der Waals surface area contributed by atoms with Gasteiger partial charge in [0.05, 0.1) is 5.69 Å². The van der Waals surface area contributed by atoms with Gasteiger partial charge in [-0.3, -0.25) is 9.88 Å². The van der Waals surface area contributed by atoms with E-state index in [9.17, 15) is 0 Å². The average Bonchev–Trinajstić information content (AvgIpc) is 2.81. The van der Waals surface area contributed by atoms with Crippen molar-refractivity contribution in [2.75, 3.05) is 31.1 Å². The van der Waals surface area contributed by atoms with Gasteiger partial charge in [0.25, 0.3) is 0 Å². The van der Waals surface area contributed by atoms with Crippen LogP contribution < -0.4 is 4.90 Å². The molecule has 0 atom stereocenters. The molecular formula is C29H37N3. The highest BCUT2D eigenvalue weighted by Crippen LogP contribution is 2.30. The lowest BCUT2D eigenvalue weighted by atomic mass is 9.93. The molecule has 4 rings (SSSR count). The molecule has 0 spiro atoms. The Hall–Kier alpha value is -2.65. The molecule has 0 N–H and O–H groups in total. The average molecular weight is 428 g/mol. The number of aryl methyl sites for hydroxylation is 5. The van der Waals surface area contributed by atoms with Crippen LogP contribution >= 0.6 is 0 Å². The molecule has 1 saturated heterocycles. The Morgan fingerprint density at radius 1 is 0.812 bits per heavy atom. The summed E-state index contributed by atoms with van der Waals surface area (Å²) < 4.78 is 0. The molecule has 0 radical (unpaired) electrons. The normalized spacial score (nSPS) is 14.7. The van der Waals surface area contributed by atoms with Crippen LogP contribution in [0.3, 0.4) is 0 Å². The largest absolute Gasteiger partial charge is 0.369 e. The first-order valence-corrected chi connectivity index (χ1v) is 12.1. The Morgan fingerprint density at radius 3 is 2.06 bits per heavy atom. The Balaban J connectivity index is 1.51. The molecule has 1 aromatic heterocycles. The van der Waals surface area contributed by atoms with Gasteiger partial charge in [-0.15, -0.1) is 0 Å². The van der Waals surface area contributed by atoms with Crippen molar-refractivity contribution in [2.45, 2.75) is 54.0 Å². The van der Waals surface area contributed by atoms with Crippen LogP contribution in [-0.2, 0) is 19.4 Å². The van der Waals surface area contributed by atoms with Gasteiger partial charge in [-0.25, -0.2) is 0 Å². The highest BCUT2D eigenvalue weighted by molar-refractivity contribution is 5.69. The van der Waals surface area contributed by atoms with Crippen molar-refractivity contribution >= 4 is 5.69 Å². The monoisotopic (exact) mass is 427 g/mol. The summed E-state index contributed by atoms with van der Waals surface area (Å²) in [5.74, 6) is 0. The molecule has 1 aliphatic rings. The highest BCUT2D eigenvalue weighted by Gasteiger charge is 2.20. The van der Waals surface area contributed by atoms with Gasteiger partial charge in [0.1, 0.15) is 0 Å². The molecular weight excluding hydrogens is 390 g/mol. The van der Waals surface area contributed by atoms with Crippen LogP contribution in [-0.4, -0.2) is 36.1 Å². The number of benzene rings is 2. The quantitative estimate of drug-likeness (QED) is 0.472. The third-order valence-corrected chi connectivity index (χ3v) is 6.93. The number of aromatic nitrogens is 1. The third-order valence-electron chi connectivity index (χ3n) is 6.93. The third kappa shape index (κ3) is 4.73. The number of nitrogens with zero attached hydrogens (tertiary/aromatic N) is 3. The van der Waals surface area contributed by atoms with Gasteiger partial charge in [0.2, 0.25) is 0 Å². The van der Waals surface area contributed by atoms with Crippen LogP contribution in [0.1, 0.15) is 47.4 Å². The van der Waals surface area contributed by atoms with Gasteiger partial charge >= 0.3 is 0 Å². The van der Waals surface area contributed by atoms with E-state index in [-0.39, 0.29) is 0 Å². The SMILES string of the molecule is CCc1cccc(CC)c1-c1cc(C)c(CN2CCN(c3cccc(C)c3)CC2)c(C)n1. The first kappa shape index (κ1) is 22.5. The van der Waals surface area contributed by atoms with Crippen LogP contribution in [0.5, 0.6) is 0 Å². The maximum Gasteiger partial charge on any atom is 0.0713 e. The number of hydrogen-bond donors (Lipinski definition) is 0. The van der Waals surface area contributed by atoms with E-state index in [1.54, 1.807) is 0 Å². The van der Waals surface area contributed by atoms with E-state index in [4.69, 9.17) is 4.98 Å². The lowest BCUT2D eigenvalue weighted by Gasteiger charge is -2.36. The fraction of sp³-hybridized carbons (Fsp3) is 0.414. The zero-order chi connectivity index (χ0) is 22.7. The maximum atomic E-state index is 5.12. The molecule has 0 saturated carbocycles. The van der Waals surface area contributed by atoms with E-state index in [0.717, 1.165) is 51.3 Å². The van der Waals surface area contributed by atoms with Crippen molar-refractivity contribution in [1.29, 1.82) is 0 Å². The van der Waals surface area contributed by atoms with Crippen molar-refractivity contribution in [3.05, 3.63) is 82.0 Å². The summed E-state index contributed by atoms with van der Waals surface area (Å²) in [6.07, 6.45) is 2.08. The van der Waals surface area contributed by atoms with Crippen LogP contribution in [0.15, 0.2) is 48.5 Å². The number of anilines is 1. The molecule has 0 unspecified atom stereocenters. The fourth-order valence-corrected chi connectivity index (χ4v) is 5.01. The Morgan fingerprint density at radius 2 is 1.47 bits per heavy atom. The summed E-state index contributed by atoms with van der Waals surface area (Å²) >= 11 is 0. The van der Waals surface area contributed by atoms with Crippen LogP contribution in [0.4, 0.5) is 5.69 Å². The lowest BCUT2D eigenvalue weighted by Crippen LogP contribution is -2.46. The first-order chi connectivity index (χ1) is 15.5. The van der Waals surface area contributed by atoms with E-state index in [1.165, 1.54) is 44.8 Å². The van der Waals surface area contributed by atoms with Gasteiger partial charge in [0.15, 0.2) is 0 Å². The maximum absolute atomic E-state index is 5.12. The standard InChI is InChI=1S/C29H37N3/c1-6-24-11-9-12-25(7-2)29(24)28-19-22(4)27(23(5)30-28)20-31-14-16-32(17-15-31)26-13-8-10-21(3)18-26/h8-13,18-19H,6-7,14-17,20H2,1-5H3. The molecule has 1 fully saturated rings. The zero-order valence-corrected chi connectivity index (χ0v) is 20.4. The summed E-state index contributed by atoms with van der Waals surface area (Å²) in [5.41, 5.74) is 11.9. The molecule has 0 aliphatic carbocycles. The lowest BCUT2D eigenvalue weighted by molar-refractivity contribution is 0.248. The van der Waals surface area contributed by atoms with Crippen LogP contribution in [0, 0.1) is 20.8 Å². The van der Waals surface area contributed by atoms with E-state index in [2.05, 4.69) is 92.9 Å². The van der Waals surface area contributed by atoms with Gasteiger partial charge in [-0.1, -0.05) is 44.2 Å². The summed E-state index contributed by atoms with van der Waals surface area (Å²) in [7, 11) is 0. The molecule has 3 nitrogen and oxygen atoms in total. The Labute approximate surface area is 194 Å². The molecule has 168 valence electrons. The molecule has 32 heavy (non-hydrogen) atoms. The molecule has 0 bridgehead atoms. The Bertz CT molecular complexity index is 1030. The summed E-state index contributed by atoms with van der Waals surface area (Å²) in [6, 6.07) is 17.9. The second-order valence-electron chi connectivity index (χ2n) is 9.15. The first-order valence-electron chi connectivity index (χ1n) is 12.1. The minimum atomic E-state index is 0.989. The summed E-state index contributed by atoms with van der Waals surface area (Å²) in [6.45, 7) is 16.4. The Kier molecular flexibility index (Phi) is 6.95. The van der Waals surface area contributed by atoms with Crippen molar-refractivity contribution in [2.24, 2.45) is 0 Å². The van der Waals surface area contributed by atoms with E-state index >= 15 is 0 Å². The number of piperazine rings is 1. The van der Waals surface area contributed by atoms with Gasteiger partial charge in [-0.2, -0.15) is 0 Å². The predicted molar refractivity (Wildman–Crippen MR) is 137 cm³/mol. The van der Waals surface area contributed by atoms with Crippen molar-refractivity contribution in [3.63, 3.8) is 0 Å². The highest BCUT2D eigenvalue weighted by atomic mass is 15.3. The zero-order valence-electron chi connectivity index (χ0n) is 20.4. The molecule has 2 aromatic carbocycles. The minimum Gasteiger partial charge on any atom is -0.369 e.